The minimum atomic E-state index is 0.891. The molecule has 11 heavy (non-hydrogen) atoms. The van der Waals surface area contributed by atoms with Gasteiger partial charge in [0.05, 0.1) is 0 Å². The average molecular weight is 148 g/mol. The van der Waals surface area contributed by atoms with Crippen LogP contribution in [0.2, 0.25) is 0 Å². The van der Waals surface area contributed by atoms with Crippen LogP contribution in [0.5, 0.6) is 0 Å². The normalized spacial score (nSPS) is 10.6. The molecule has 0 radical (unpaired) electrons. The van der Waals surface area contributed by atoms with E-state index in [-0.39, 0.29) is 0 Å². The van der Waals surface area contributed by atoms with Crippen LogP contribution in [0.3, 0.4) is 0 Å². The molecule has 0 unspecified atom stereocenters. The number of aliphatic imine (C=N–C) groups is 1. The molecule has 1 aromatic rings. The Hall–Kier alpha value is -1.31. The highest BCUT2D eigenvalue weighted by molar-refractivity contribution is 5.67. The molecule has 1 N–H and O–H groups in total. The van der Waals surface area contributed by atoms with Crippen molar-refractivity contribution in [3.8, 4) is 0 Å². The lowest BCUT2D eigenvalue weighted by Crippen LogP contribution is -1.70. The number of hydrogen-bond donors (Lipinski definition) is 1. The molecule has 1 rings (SSSR count). The van der Waals surface area contributed by atoms with Crippen LogP contribution < -0.4 is 0 Å². The topological polar surface area (TPSA) is 28.1 Å². The lowest BCUT2D eigenvalue weighted by molar-refractivity contribution is 1.28. The van der Waals surface area contributed by atoms with E-state index in [1.807, 2.05) is 18.5 Å². The van der Waals surface area contributed by atoms with Crippen LogP contribution in [0.25, 0.3) is 6.08 Å². The van der Waals surface area contributed by atoms with Gasteiger partial charge in [-0.2, -0.15) is 0 Å². The smallest absolute Gasteiger partial charge is 0.136 e. The third kappa shape index (κ3) is 1.80. The van der Waals surface area contributed by atoms with Gasteiger partial charge in [0, 0.05) is 18.0 Å². The fourth-order valence-corrected chi connectivity index (χ4v) is 0.832. The molecule has 0 aliphatic carbocycles. The van der Waals surface area contributed by atoms with Gasteiger partial charge < -0.3 is 4.98 Å². The Kier molecular flexibility index (Phi) is 2.66. The monoisotopic (exact) mass is 148 g/mol. The molecule has 1 aromatic heterocycles. The maximum atomic E-state index is 4.20. The zero-order chi connectivity index (χ0) is 8.10. The zero-order valence-electron chi connectivity index (χ0n) is 6.67. The molecule has 0 bridgehead atoms. The molecular weight excluding hydrogens is 136 g/mol. The summed E-state index contributed by atoms with van der Waals surface area (Å²) < 4.78 is 0. The second-order valence-corrected chi connectivity index (χ2v) is 2.21. The number of hydrogen-bond acceptors (Lipinski definition) is 1. The molecule has 0 saturated heterocycles. The molecule has 0 aliphatic rings. The van der Waals surface area contributed by atoms with Gasteiger partial charge in [-0.05, 0) is 12.5 Å². The third-order valence-corrected chi connectivity index (χ3v) is 1.38. The number of nitrogens with zero attached hydrogens (tertiary/aromatic N) is 1. The first-order chi connectivity index (χ1) is 5.38. The van der Waals surface area contributed by atoms with Gasteiger partial charge in [0.25, 0.3) is 0 Å². The van der Waals surface area contributed by atoms with Crippen LogP contribution in [0.15, 0.2) is 23.8 Å². The highest BCUT2D eigenvalue weighted by Crippen LogP contribution is 2.16. The fourth-order valence-electron chi connectivity index (χ4n) is 0.832. The van der Waals surface area contributed by atoms with Gasteiger partial charge >= 0.3 is 0 Å². The van der Waals surface area contributed by atoms with Gasteiger partial charge in [-0.15, -0.1) is 0 Å². The lowest BCUT2D eigenvalue weighted by atomic mass is 10.3. The van der Waals surface area contributed by atoms with E-state index in [1.54, 1.807) is 6.08 Å². The molecule has 0 spiro atoms. The van der Waals surface area contributed by atoms with E-state index in [9.17, 15) is 0 Å². The van der Waals surface area contributed by atoms with E-state index in [4.69, 9.17) is 0 Å². The van der Waals surface area contributed by atoms with Gasteiger partial charge in [-0.1, -0.05) is 19.6 Å². The van der Waals surface area contributed by atoms with Gasteiger partial charge in [0.15, 0.2) is 0 Å². The van der Waals surface area contributed by atoms with Gasteiger partial charge in [-0.3, -0.25) is 0 Å². The maximum absolute atomic E-state index is 4.20. The second kappa shape index (κ2) is 3.76. The van der Waals surface area contributed by atoms with Crippen molar-refractivity contribution >= 4 is 18.1 Å². The Morgan fingerprint density at radius 2 is 2.55 bits per heavy atom. The van der Waals surface area contributed by atoms with Crippen molar-refractivity contribution in [2.75, 3.05) is 0 Å². The molecule has 0 aromatic carbocycles. The molecule has 0 aliphatic heterocycles. The van der Waals surface area contributed by atoms with Crippen molar-refractivity contribution in [3.05, 3.63) is 24.4 Å². The zero-order valence-corrected chi connectivity index (χ0v) is 6.67. The molecule has 0 amide bonds. The van der Waals surface area contributed by atoms with Gasteiger partial charge in [0.1, 0.15) is 5.82 Å². The van der Waals surface area contributed by atoms with Crippen LogP contribution in [0.1, 0.15) is 18.9 Å². The van der Waals surface area contributed by atoms with E-state index in [0.717, 1.165) is 17.8 Å². The minimum absolute atomic E-state index is 0.891. The number of H-pyrrole nitrogens is 1. The molecule has 2 nitrogen and oxygen atoms in total. The second-order valence-electron chi connectivity index (χ2n) is 2.21. The molecule has 0 atom stereocenters. The first kappa shape index (κ1) is 7.79. The van der Waals surface area contributed by atoms with Crippen molar-refractivity contribution in [2.45, 2.75) is 13.3 Å². The Balaban J connectivity index is 2.84. The first-order valence-electron chi connectivity index (χ1n) is 3.70. The Morgan fingerprint density at radius 3 is 3.18 bits per heavy atom. The fraction of sp³-hybridized carbons (Fsp3) is 0.222. The van der Waals surface area contributed by atoms with Crippen molar-refractivity contribution < 1.29 is 0 Å². The quantitative estimate of drug-likeness (QED) is 0.638. The average Bonchev–Trinajstić information content (AvgIpc) is 2.47. The largest absolute Gasteiger partial charge is 0.346 e. The highest BCUT2D eigenvalue weighted by atomic mass is 14.9. The van der Waals surface area contributed by atoms with Crippen molar-refractivity contribution in [1.82, 2.24) is 4.98 Å². The van der Waals surface area contributed by atoms with Crippen molar-refractivity contribution in [2.24, 2.45) is 4.99 Å². The Labute approximate surface area is 66.7 Å². The molecule has 0 fully saturated rings. The number of rotatable bonds is 3. The van der Waals surface area contributed by atoms with E-state index in [0.29, 0.717) is 0 Å². The predicted molar refractivity (Wildman–Crippen MR) is 49.3 cm³/mol. The summed E-state index contributed by atoms with van der Waals surface area (Å²) in [6, 6.07) is 1.95. The SMILES string of the molecule is C=Cc1cc[nH]c1/N=C\CC. The number of nitrogens with one attached hydrogen (secondary N) is 1. The van der Waals surface area contributed by atoms with Crippen LogP contribution >= 0.6 is 0 Å². The molecule has 0 saturated carbocycles. The summed E-state index contributed by atoms with van der Waals surface area (Å²) in [6.07, 6.45) is 6.48. The predicted octanol–water partition coefficient (Wildman–Crippen LogP) is 2.77. The number of aromatic amines is 1. The van der Waals surface area contributed by atoms with Crippen LogP contribution in [-0.4, -0.2) is 11.2 Å². The Morgan fingerprint density at radius 1 is 1.73 bits per heavy atom. The summed E-state index contributed by atoms with van der Waals surface area (Å²) in [5.74, 6) is 0.891. The summed E-state index contributed by atoms with van der Waals surface area (Å²) in [5.41, 5.74) is 1.05. The molecule has 2 heteroatoms. The minimum Gasteiger partial charge on any atom is -0.346 e. The molecular formula is C9H12N2. The standard InChI is InChI=1S/C9H12N2/c1-3-6-10-9-8(4-2)5-7-11-9/h4-7,11H,2-3H2,1H3/b10-6-. The summed E-state index contributed by atoms with van der Waals surface area (Å²) in [7, 11) is 0. The highest BCUT2D eigenvalue weighted by Gasteiger charge is 1.94. The molecule has 58 valence electrons. The van der Waals surface area contributed by atoms with Crippen molar-refractivity contribution in [3.63, 3.8) is 0 Å². The van der Waals surface area contributed by atoms with Crippen LogP contribution in [0, 0.1) is 0 Å². The first-order valence-corrected chi connectivity index (χ1v) is 3.70. The summed E-state index contributed by atoms with van der Waals surface area (Å²) >= 11 is 0. The van der Waals surface area contributed by atoms with Crippen LogP contribution in [-0.2, 0) is 0 Å². The van der Waals surface area contributed by atoms with E-state index in [1.165, 1.54) is 0 Å². The summed E-state index contributed by atoms with van der Waals surface area (Å²) in [4.78, 5) is 7.23. The van der Waals surface area contributed by atoms with E-state index in [2.05, 4.69) is 23.5 Å². The third-order valence-electron chi connectivity index (χ3n) is 1.38. The van der Waals surface area contributed by atoms with E-state index < -0.39 is 0 Å². The maximum Gasteiger partial charge on any atom is 0.136 e. The Bertz CT molecular complexity index is 258. The summed E-state index contributed by atoms with van der Waals surface area (Å²) in [6.45, 7) is 5.73. The molecule has 1 heterocycles. The van der Waals surface area contributed by atoms with Crippen LogP contribution in [0.4, 0.5) is 5.82 Å². The van der Waals surface area contributed by atoms with Gasteiger partial charge in [-0.25, -0.2) is 4.99 Å². The van der Waals surface area contributed by atoms with Crippen molar-refractivity contribution in [1.29, 1.82) is 0 Å². The van der Waals surface area contributed by atoms with E-state index >= 15 is 0 Å². The van der Waals surface area contributed by atoms with Gasteiger partial charge in [0.2, 0.25) is 0 Å². The lowest BCUT2D eigenvalue weighted by Gasteiger charge is -1.88. The summed E-state index contributed by atoms with van der Waals surface area (Å²) in [5, 5.41) is 0. The number of aromatic nitrogens is 1.